The van der Waals surface area contributed by atoms with E-state index in [2.05, 4.69) is 45.7 Å². The van der Waals surface area contributed by atoms with E-state index in [4.69, 9.17) is 5.41 Å². The molecule has 0 spiro atoms. The van der Waals surface area contributed by atoms with Crippen LogP contribution in [0.2, 0.25) is 0 Å². The fourth-order valence-corrected chi connectivity index (χ4v) is 3.84. The van der Waals surface area contributed by atoms with Crippen LogP contribution in [0.3, 0.4) is 0 Å². The molecule has 6 nitrogen and oxygen atoms in total. The molecular formula is C23H30N4O2. The summed E-state index contributed by atoms with van der Waals surface area (Å²) in [6.45, 7) is 14.6. The molecule has 3 rings (SSSR count). The molecule has 0 fully saturated rings. The van der Waals surface area contributed by atoms with Gasteiger partial charge in [0.25, 0.3) is 0 Å². The van der Waals surface area contributed by atoms with E-state index in [1.54, 1.807) is 17.0 Å². The van der Waals surface area contributed by atoms with Gasteiger partial charge < -0.3 is 20.2 Å². The van der Waals surface area contributed by atoms with Crippen LogP contribution >= 0.6 is 0 Å². The molecule has 0 radical (unpaired) electrons. The Morgan fingerprint density at radius 1 is 1.10 bits per heavy atom. The number of nitrogens with zero attached hydrogens (tertiary/aromatic N) is 3. The van der Waals surface area contributed by atoms with Crippen LogP contribution in [-0.4, -0.2) is 32.7 Å². The van der Waals surface area contributed by atoms with E-state index in [1.807, 2.05) is 30.1 Å². The Kier molecular flexibility index (Phi) is 7.07. The Morgan fingerprint density at radius 3 is 2.17 bits per heavy atom. The summed E-state index contributed by atoms with van der Waals surface area (Å²) in [6, 6.07) is 9.58. The molecule has 2 aromatic rings. The van der Waals surface area contributed by atoms with E-state index in [1.165, 1.54) is 19.6 Å². The van der Waals surface area contributed by atoms with E-state index in [0.717, 1.165) is 16.9 Å². The molecule has 2 aromatic carbocycles. The fraction of sp³-hybridized carbons (Fsp3) is 0.435. The van der Waals surface area contributed by atoms with Gasteiger partial charge in [0.1, 0.15) is 0 Å². The first kappa shape index (κ1) is 22.5. The molecule has 29 heavy (non-hydrogen) atoms. The van der Waals surface area contributed by atoms with Gasteiger partial charge in [-0.1, -0.05) is 32.0 Å². The molecule has 0 unspecified atom stereocenters. The van der Waals surface area contributed by atoms with Crippen LogP contribution in [0.5, 0.6) is 0 Å². The molecule has 6 heteroatoms. The van der Waals surface area contributed by atoms with Crippen molar-refractivity contribution in [1.29, 1.82) is 0 Å². The van der Waals surface area contributed by atoms with Crippen LogP contribution in [0.4, 0.5) is 11.4 Å². The standard InChI is InChI=1S/C17H14N3O2.C6H15N/c1-17(2)11-6-4-5-7-12(11)20(3)13(17)8-10-14(19-9-18)16(22)15(10)21;1-4-7(5-2)6-3/h4-8H,1-3H3;4-6H2,1-3H3/q-1;/p+1. The van der Waals surface area contributed by atoms with E-state index in [0.29, 0.717) is 0 Å². The lowest BCUT2D eigenvalue weighted by Gasteiger charge is -2.25. The normalized spacial score (nSPS) is 15.8. The highest BCUT2D eigenvalue weighted by atomic mass is 16.2. The Balaban J connectivity index is 0.000000370. The van der Waals surface area contributed by atoms with Crippen molar-refractivity contribution in [3.8, 4) is 0 Å². The topological polar surface area (TPSA) is 76.5 Å². The highest BCUT2D eigenvalue weighted by molar-refractivity contribution is 5.80. The first-order valence-electron chi connectivity index (χ1n) is 10.1. The number of likely N-dealkylation sites (N-methyl/N-ethyl adjacent to an activating group) is 1. The molecule has 1 N–H and O–H groups in total. The first-order valence-corrected chi connectivity index (χ1v) is 10.1. The lowest BCUT2D eigenvalue weighted by atomic mass is 9.83. The third kappa shape index (κ3) is 4.14. The largest absolute Gasteiger partial charge is 0.422 e. The van der Waals surface area contributed by atoms with Gasteiger partial charge in [0, 0.05) is 35.1 Å². The molecule has 0 amide bonds. The second-order valence-corrected chi connectivity index (χ2v) is 7.67. The monoisotopic (exact) mass is 394 g/mol. The molecule has 0 saturated carbocycles. The molecular weight excluding hydrogens is 364 g/mol. The van der Waals surface area contributed by atoms with Gasteiger partial charge in [0.05, 0.1) is 19.6 Å². The lowest BCUT2D eigenvalue weighted by Crippen LogP contribution is -3.11. The average Bonchev–Trinajstić information content (AvgIpc) is 2.92. The molecule has 154 valence electrons. The molecule has 0 aromatic heterocycles. The zero-order valence-electron chi connectivity index (χ0n) is 18.2. The summed E-state index contributed by atoms with van der Waals surface area (Å²) in [5, 5.41) is 8.64. The van der Waals surface area contributed by atoms with Crippen molar-refractivity contribution in [3.63, 3.8) is 0 Å². The summed E-state index contributed by atoms with van der Waals surface area (Å²) in [5.74, 6) is 0. The minimum atomic E-state index is -0.690. The number of fused-ring (bicyclic) bond motifs is 1. The van der Waals surface area contributed by atoms with Gasteiger partial charge in [-0.2, -0.15) is 6.01 Å². The summed E-state index contributed by atoms with van der Waals surface area (Å²) in [6.07, 6.45) is 1.68. The van der Waals surface area contributed by atoms with Crippen LogP contribution in [-0.2, 0) is 5.41 Å². The smallest absolute Gasteiger partial charge is 0.233 e. The lowest BCUT2D eigenvalue weighted by molar-refractivity contribution is -0.894. The average molecular weight is 395 g/mol. The quantitative estimate of drug-likeness (QED) is 0.625. The zero-order chi connectivity index (χ0) is 21.8. The maximum absolute atomic E-state index is 11.8. The number of aliphatic imine (C=N–C) groups is 1. The number of hydrogen-bond acceptors (Lipinski definition) is 4. The van der Waals surface area contributed by atoms with Crippen LogP contribution in [0.1, 0.15) is 45.7 Å². The van der Waals surface area contributed by atoms with Crippen LogP contribution < -0.4 is 20.7 Å². The second kappa shape index (κ2) is 9.12. The van der Waals surface area contributed by atoms with Crippen molar-refractivity contribution in [3.05, 3.63) is 66.9 Å². The highest BCUT2D eigenvalue weighted by Crippen LogP contribution is 2.47. The highest BCUT2D eigenvalue weighted by Gasteiger charge is 2.38. The summed E-state index contributed by atoms with van der Waals surface area (Å²) in [7, 11) is 1.92. The van der Waals surface area contributed by atoms with Gasteiger partial charge in [-0.05, 0) is 38.5 Å². The number of para-hydroxylation sites is 1. The summed E-state index contributed by atoms with van der Waals surface area (Å²) < 4.78 is 0. The maximum Gasteiger partial charge on any atom is 0.233 e. The van der Waals surface area contributed by atoms with Crippen LogP contribution in [0, 0.1) is 0 Å². The number of hydrogen-bond donors (Lipinski definition) is 1. The third-order valence-electron chi connectivity index (χ3n) is 5.80. The minimum Gasteiger partial charge on any atom is -0.422 e. The molecule has 0 aliphatic carbocycles. The van der Waals surface area contributed by atoms with Crippen molar-refractivity contribution < 1.29 is 4.90 Å². The minimum absolute atomic E-state index is 0.0415. The van der Waals surface area contributed by atoms with E-state index >= 15 is 0 Å². The second-order valence-electron chi connectivity index (χ2n) is 7.67. The van der Waals surface area contributed by atoms with Crippen molar-refractivity contribution in [2.24, 2.45) is 4.99 Å². The number of anilines is 1. The first-order chi connectivity index (χ1) is 13.7. The maximum atomic E-state index is 11.8. The molecule has 0 atom stereocenters. The predicted octanol–water partition coefficient (Wildman–Crippen LogP) is 2.36. The van der Waals surface area contributed by atoms with Crippen molar-refractivity contribution in [1.82, 2.24) is 0 Å². The molecule has 1 aliphatic rings. The predicted molar refractivity (Wildman–Crippen MR) is 120 cm³/mol. The summed E-state index contributed by atoms with van der Waals surface area (Å²) in [4.78, 5) is 30.4. The fourth-order valence-electron chi connectivity index (χ4n) is 3.84. The summed E-state index contributed by atoms with van der Waals surface area (Å²) in [5.41, 5.74) is 1.72. The van der Waals surface area contributed by atoms with Gasteiger partial charge in [-0.3, -0.25) is 9.59 Å². The van der Waals surface area contributed by atoms with Gasteiger partial charge in [0.15, 0.2) is 0 Å². The Bertz CT molecular complexity index is 1010. The van der Waals surface area contributed by atoms with E-state index in [-0.39, 0.29) is 16.7 Å². The number of quaternary nitrogens is 1. The van der Waals surface area contributed by atoms with Gasteiger partial charge in [-0.15, -0.1) is 0 Å². The Morgan fingerprint density at radius 2 is 1.69 bits per heavy atom. The SMILES string of the molecule is CC[NH+](CC)CC.CN1C(=Cc2c(N=C=[N-])c(=O)c2=O)C(C)(C)c2ccccc21. The van der Waals surface area contributed by atoms with Crippen molar-refractivity contribution in [2.45, 2.75) is 40.0 Å². The van der Waals surface area contributed by atoms with E-state index < -0.39 is 10.9 Å². The van der Waals surface area contributed by atoms with Crippen LogP contribution in [0.25, 0.3) is 11.5 Å². The number of rotatable bonds is 5. The van der Waals surface area contributed by atoms with Gasteiger partial charge in [-0.25, -0.2) is 0 Å². The van der Waals surface area contributed by atoms with E-state index in [9.17, 15) is 9.59 Å². The zero-order valence-corrected chi connectivity index (χ0v) is 18.2. The van der Waals surface area contributed by atoms with Crippen molar-refractivity contribution in [2.75, 3.05) is 31.6 Å². The van der Waals surface area contributed by atoms with Gasteiger partial charge in [0.2, 0.25) is 10.9 Å². The molecule has 1 aliphatic heterocycles. The van der Waals surface area contributed by atoms with Gasteiger partial charge >= 0.3 is 0 Å². The molecule has 0 bridgehead atoms. The number of allylic oxidation sites excluding steroid dienone is 1. The number of benzene rings is 1. The third-order valence-corrected chi connectivity index (χ3v) is 5.80. The Hall–Kier alpha value is -2.82. The molecule has 0 saturated heterocycles. The molecule has 1 heterocycles. The Labute approximate surface area is 172 Å². The summed E-state index contributed by atoms with van der Waals surface area (Å²) >= 11 is 0. The number of nitrogens with one attached hydrogen (secondary N) is 1. The van der Waals surface area contributed by atoms with Crippen molar-refractivity contribution >= 4 is 23.5 Å². The van der Waals surface area contributed by atoms with Crippen LogP contribution in [0.15, 0.2) is 44.5 Å².